The van der Waals surface area contributed by atoms with Crippen molar-refractivity contribution < 1.29 is 13.2 Å². The Morgan fingerprint density at radius 1 is 1.29 bits per heavy atom. The van der Waals surface area contributed by atoms with Gasteiger partial charge in [-0.3, -0.25) is 0 Å². The van der Waals surface area contributed by atoms with E-state index in [1.165, 1.54) is 6.07 Å². The summed E-state index contributed by atoms with van der Waals surface area (Å²) in [4.78, 5) is 0.139. The molecule has 17 heavy (non-hydrogen) atoms. The van der Waals surface area contributed by atoms with Gasteiger partial charge in [-0.05, 0) is 37.1 Å². The Balaban J connectivity index is 2.70. The van der Waals surface area contributed by atoms with Gasteiger partial charge >= 0.3 is 0 Å². The van der Waals surface area contributed by atoms with E-state index in [1.807, 2.05) is 0 Å². The van der Waals surface area contributed by atoms with Crippen molar-refractivity contribution in [3.63, 3.8) is 0 Å². The molecule has 0 aromatic heterocycles. The summed E-state index contributed by atoms with van der Waals surface area (Å²) >= 11 is 0. The number of aryl methyl sites for hydroxylation is 1. The number of rotatable bonds is 6. The van der Waals surface area contributed by atoms with Crippen LogP contribution in [0.4, 0.5) is 0 Å². The minimum absolute atomic E-state index is 0.139. The third-order valence-corrected chi connectivity index (χ3v) is 3.91. The molecule has 0 spiro atoms. The summed E-state index contributed by atoms with van der Waals surface area (Å²) in [7, 11) is 1.63. The summed E-state index contributed by atoms with van der Waals surface area (Å²) in [5.41, 5.74) is 0.605. The van der Waals surface area contributed by atoms with Crippen molar-refractivity contribution in [1.29, 1.82) is 0 Å². The second-order valence-electron chi connectivity index (χ2n) is 3.92. The lowest BCUT2D eigenvalue weighted by Crippen LogP contribution is -1.99. The first-order valence-electron chi connectivity index (χ1n) is 5.63. The van der Waals surface area contributed by atoms with Crippen molar-refractivity contribution >= 4 is 19.7 Å². The third kappa shape index (κ3) is 4.56. The van der Waals surface area contributed by atoms with Crippen LogP contribution in [0.1, 0.15) is 31.7 Å². The molecule has 0 aliphatic heterocycles. The molecule has 0 N–H and O–H groups in total. The summed E-state index contributed by atoms with van der Waals surface area (Å²) in [6.45, 7) is 4.48. The van der Waals surface area contributed by atoms with E-state index >= 15 is 0 Å². The molecule has 1 aromatic rings. The Morgan fingerprint density at radius 2 is 2.00 bits per heavy atom. The van der Waals surface area contributed by atoms with Crippen LogP contribution in [0, 0.1) is 6.92 Å². The first-order valence-corrected chi connectivity index (χ1v) is 7.94. The minimum atomic E-state index is -3.66. The average molecular weight is 277 g/mol. The lowest BCUT2D eigenvalue weighted by molar-refractivity contribution is 0.306. The molecule has 5 heteroatoms. The Morgan fingerprint density at radius 3 is 2.53 bits per heavy atom. The van der Waals surface area contributed by atoms with Crippen LogP contribution in [0.15, 0.2) is 23.1 Å². The van der Waals surface area contributed by atoms with Crippen LogP contribution in [0.25, 0.3) is 0 Å². The van der Waals surface area contributed by atoms with E-state index in [0.29, 0.717) is 17.9 Å². The predicted octanol–water partition coefficient (Wildman–Crippen LogP) is 3.49. The molecule has 0 unspecified atom stereocenters. The molecule has 0 fully saturated rings. The molecule has 96 valence electrons. The fraction of sp³-hybridized carbons (Fsp3) is 0.500. The Kier molecular flexibility index (Phi) is 5.28. The standard InChI is InChI=1S/C12H17ClO3S/c1-3-4-5-8-16-11-6-7-12(10(2)9-11)17(13,14)15/h6-7,9H,3-5,8H2,1-2H3. The zero-order chi connectivity index (χ0) is 12.9. The molecule has 3 nitrogen and oxygen atoms in total. The van der Waals surface area contributed by atoms with Gasteiger partial charge in [0.1, 0.15) is 5.75 Å². The van der Waals surface area contributed by atoms with E-state index in [1.54, 1.807) is 19.1 Å². The molecule has 0 radical (unpaired) electrons. The molecule has 0 aliphatic rings. The van der Waals surface area contributed by atoms with Gasteiger partial charge in [-0.1, -0.05) is 19.8 Å². The quantitative estimate of drug-likeness (QED) is 0.590. The topological polar surface area (TPSA) is 43.4 Å². The van der Waals surface area contributed by atoms with Gasteiger partial charge in [-0.15, -0.1) is 0 Å². The normalized spacial score (nSPS) is 11.5. The summed E-state index contributed by atoms with van der Waals surface area (Å²) in [6.07, 6.45) is 3.28. The van der Waals surface area contributed by atoms with Crippen molar-refractivity contribution in [1.82, 2.24) is 0 Å². The van der Waals surface area contributed by atoms with Crippen molar-refractivity contribution in [2.45, 2.75) is 38.0 Å². The molecule has 0 aliphatic carbocycles. The molecule has 0 bridgehead atoms. The Hall–Kier alpha value is -0.740. The molecular weight excluding hydrogens is 260 g/mol. The minimum Gasteiger partial charge on any atom is -0.494 e. The first kappa shape index (κ1) is 14.3. The Labute approximate surface area is 107 Å². The van der Waals surface area contributed by atoms with Gasteiger partial charge < -0.3 is 4.74 Å². The lowest BCUT2D eigenvalue weighted by Gasteiger charge is -2.08. The number of hydrogen-bond donors (Lipinski definition) is 0. The highest BCUT2D eigenvalue weighted by atomic mass is 35.7. The van der Waals surface area contributed by atoms with E-state index in [4.69, 9.17) is 15.4 Å². The number of halogens is 1. The maximum atomic E-state index is 11.2. The van der Waals surface area contributed by atoms with Gasteiger partial charge in [-0.25, -0.2) is 8.42 Å². The molecule has 1 rings (SSSR count). The summed E-state index contributed by atoms with van der Waals surface area (Å²) < 4.78 is 27.9. The van der Waals surface area contributed by atoms with E-state index < -0.39 is 9.05 Å². The molecular formula is C12H17ClO3S. The van der Waals surface area contributed by atoms with Crippen molar-refractivity contribution in [2.75, 3.05) is 6.61 Å². The fourth-order valence-electron chi connectivity index (χ4n) is 1.53. The van der Waals surface area contributed by atoms with E-state index in [-0.39, 0.29) is 4.90 Å². The molecule has 0 atom stereocenters. The SMILES string of the molecule is CCCCCOc1ccc(S(=O)(=O)Cl)c(C)c1. The highest BCUT2D eigenvalue weighted by Crippen LogP contribution is 2.24. The van der Waals surface area contributed by atoms with Crippen LogP contribution in [-0.4, -0.2) is 15.0 Å². The fourth-order valence-corrected chi connectivity index (χ4v) is 2.72. The Bertz CT molecular complexity index is 469. The largest absolute Gasteiger partial charge is 0.494 e. The maximum Gasteiger partial charge on any atom is 0.261 e. The predicted molar refractivity (Wildman–Crippen MR) is 69.2 cm³/mol. The van der Waals surface area contributed by atoms with Gasteiger partial charge in [0.15, 0.2) is 0 Å². The molecule has 0 saturated carbocycles. The second-order valence-corrected chi connectivity index (χ2v) is 6.46. The van der Waals surface area contributed by atoms with Gasteiger partial charge in [0.05, 0.1) is 11.5 Å². The number of hydrogen-bond acceptors (Lipinski definition) is 3. The highest BCUT2D eigenvalue weighted by Gasteiger charge is 2.13. The highest BCUT2D eigenvalue weighted by molar-refractivity contribution is 8.13. The molecule has 0 heterocycles. The van der Waals surface area contributed by atoms with Gasteiger partial charge in [0, 0.05) is 10.7 Å². The number of ether oxygens (including phenoxy) is 1. The van der Waals surface area contributed by atoms with E-state index in [2.05, 4.69) is 6.92 Å². The van der Waals surface area contributed by atoms with Crippen LogP contribution in [0.2, 0.25) is 0 Å². The summed E-state index contributed by atoms with van der Waals surface area (Å²) in [5, 5.41) is 0. The molecule has 0 saturated heterocycles. The van der Waals surface area contributed by atoms with Crippen LogP contribution >= 0.6 is 10.7 Å². The van der Waals surface area contributed by atoms with Crippen LogP contribution in [-0.2, 0) is 9.05 Å². The van der Waals surface area contributed by atoms with E-state index in [0.717, 1.165) is 19.3 Å². The molecule has 1 aromatic carbocycles. The van der Waals surface area contributed by atoms with Crippen LogP contribution in [0.3, 0.4) is 0 Å². The zero-order valence-corrected chi connectivity index (χ0v) is 11.6. The average Bonchev–Trinajstić information content (AvgIpc) is 2.23. The molecule has 0 amide bonds. The number of benzene rings is 1. The van der Waals surface area contributed by atoms with Crippen molar-refractivity contribution in [2.24, 2.45) is 0 Å². The van der Waals surface area contributed by atoms with Gasteiger partial charge in [0.2, 0.25) is 0 Å². The van der Waals surface area contributed by atoms with Crippen LogP contribution < -0.4 is 4.74 Å². The van der Waals surface area contributed by atoms with Gasteiger partial charge in [-0.2, -0.15) is 0 Å². The number of unbranched alkanes of at least 4 members (excludes halogenated alkanes) is 2. The lowest BCUT2D eigenvalue weighted by atomic mass is 10.2. The van der Waals surface area contributed by atoms with Gasteiger partial charge in [0.25, 0.3) is 9.05 Å². The van der Waals surface area contributed by atoms with E-state index in [9.17, 15) is 8.42 Å². The zero-order valence-electron chi connectivity index (χ0n) is 10.1. The second kappa shape index (κ2) is 6.26. The third-order valence-electron chi connectivity index (χ3n) is 2.43. The smallest absolute Gasteiger partial charge is 0.261 e. The van der Waals surface area contributed by atoms with Crippen LogP contribution in [0.5, 0.6) is 5.75 Å². The van der Waals surface area contributed by atoms with Crippen molar-refractivity contribution in [3.05, 3.63) is 23.8 Å². The monoisotopic (exact) mass is 276 g/mol. The first-order chi connectivity index (χ1) is 7.95. The summed E-state index contributed by atoms with van der Waals surface area (Å²) in [5.74, 6) is 0.683. The maximum absolute atomic E-state index is 11.2. The van der Waals surface area contributed by atoms with Crippen molar-refractivity contribution in [3.8, 4) is 5.75 Å². The summed E-state index contributed by atoms with van der Waals surface area (Å²) in [6, 6.07) is 4.81.